The van der Waals surface area contributed by atoms with Gasteiger partial charge in [0.15, 0.2) is 0 Å². The summed E-state index contributed by atoms with van der Waals surface area (Å²) < 4.78 is 10.5. The predicted molar refractivity (Wildman–Crippen MR) is 99.5 cm³/mol. The van der Waals surface area contributed by atoms with Crippen LogP contribution in [-0.4, -0.2) is 58.1 Å². The molecule has 2 bridgehead atoms. The smallest absolute Gasteiger partial charge is 0.435 e. The van der Waals surface area contributed by atoms with Gasteiger partial charge in [0.05, 0.1) is 18.6 Å². The second-order valence-corrected chi connectivity index (χ2v) is 7.22. The van der Waals surface area contributed by atoms with Gasteiger partial charge in [-0.05, 0) is 31.1 Å². The molecule has 4 aliphatic rings. The molecule has 0 unspecified atom stereocenters. The van der Waals surface area contributed by atoms with Crippen molar-refractivity contribution in [1.82, 2.24) is 15.1 Å². The number of ether oxygens (including phenoxy) is 2. The van der Waals surface area contributed by atoms with Crippen molar-refractivity contribution in [1.29, 1.82) is 0 Å². The normalized spacial score (nSPS) is 27.6. The quantitative estimate of drug-likeness (QED) is 0.571. The Balaban J connectivity index is 1.60. The number of carbonyl (C=O) groups is 3. The van der Waals surface area contributed by atoms with Crippen molar-refractivity contribution in [2.75, 3.05) is 6.61 Å². The Morgan fingerprint density at radius 3 is 2.55 bits per heavy atom. The van der Waals surface area contributed by atoms with E-state index in [4.69, 9.17) is 14.3 Å². The first-order valence-electron chi connectivity index (χ1n) is 9.58. The molecule has 5 rings (SSSR count). The van der Waals surface area contributed by atoms with Gasteiger partial charge in [-0.15, -0.1) is 0 Å². The molecular weight excluding hydrogens is 378 g/mol. The molecule has 0 saturated carbocycles. The van der Waals surface area contributed by atoms with Crippen LogP contribution in [0.5, 0.6) is 0 Å². The van der Waals surface area contributed by atoms with Gasteiger partial charge in [-0.2, -0.15) is 10.1 Å². The fourth-order valence-electron chi connectivity index (χ4n) is 3.98. The monoisotopic (exact) mass is 401 g/mol. The third-order valence-electron chi connectivity index (χ3n) is 5.39. The molecule has 0 spiro atoms. The Morgan fingerprint density at radius 1 is 1.14 bits per heavy atom. The van der Waals surface area contributed by atoms with Crippen molar-refractivity contribution in [3.05, 3.63) is 47.5 Å². The van der Waals surface area contributed by atoms with E-state index in [0.717, 1.165) is 21.2 Å². The minimum absolute atomic E-state index is 0.0874. The number of hydrogen-bond donors (Lipinski definition) is 0. The minimum Gasteiger partial charge on any atom is -0.448 e. The summed E-state index contributed by atoms with van der Waals surface area (Å²) in [5, 5.41) is 3.63. The molecule has 0 N–H and O–H groups in total. The van der Waals surface area contributed by atoms with Gasteiger partial charge in [0, 0.05) is 0 Å². The Labute approximate surface area is 168 Å². The van der Waals surface area contributed by atoms with Gasteiger partial charge in [0.1, 0.15) is 12.6 Å². The van der Waals surface area contributed by atoms with E-state index in [1.807, 2.05) is 37.3 Å². The van der Waals surface area contributed by atoms with Crippen LogP contribution in [0.2, 0.25) is 0 Å². The van der Waals surface area contributed by atoms with Crippen LogP contribution >= 0.6 is 0 Å². The average Bonchev–Trinajstić information content (AvgIpc) is 2.93. The van der Waals surface area contributed by atoms with Crippen molar-refractivity contribution in [3.63, 3.8) is 0 Å². The van der Waals surface area contributed by atoms with Crippen LogP contribution in [0.4, 0.5) is 9.59 Å². The number of rotatable bonds is 3. The van der Waals surface area contributed by atoms with Crippen LogP contribution in [0, 0.1) is 5.92 Å². The number of nitrogens with zero attached hydrogens (tertiary/aromatic N) is 3. The third-order valence-corrected chi connectivity index (χ3v) is 5.39. The zero-order valence-corrected chi connectivity index (χ0v) is 16.5. The van der Waals surface area contributed by atoms with Crippen molar-refractivity contribution in [2.24, 2.45) is 5.92 Å². The molecule has 3 amide bonds. The van der Waals surface area contributed by atoms with E-state index < -0.39 is 30.5 Å². The summed E-state index contributed by atoms with van der Waals surface area (Å²) in [4.78, 5) is 43.7. The van der Waals surface area contributed by atoms with Crippen LogP contribution in [0.3, 0.4) is 0 Å². The molecule has 0 aliphatic carbocycles. The maximum atomic E-state index is 12.8. The van der Waals surface area contributed by atoms with Crippen molar-refractivity contribution in [3.8, 4) is 0 Å². The van der Waals surface area contributed by atoms with Gasteiger partial charge in [0.2, 0.25) is 12.1 Å². The molecule has 9 heteroatoms. The summed E-state index contributed by atoms with van der Waals surface area (Å²) in [6, 6.07) is 8.30. The van der Waals surface area contributed by atoms with Crippen LogP contribution in [-0.2, 0) is 25.7 Å². The summed E-state index contributed by atoms with van der Waals surface area (Å²) >= 11 is 0. The number of hydrogen-bond acceptors (Lipinski definition) is 6. The molecule has 154 valence electrons. The maximum Gasteiger partial charge on any atom is 0.435 e. The second-order valence-electron chi connectivity index (χ2n) is 7.22. The highest BCUT2D eigenvalue weighted by Crippen LogP contribution is 2.43. The molecule has 1 aromatic carbocycles. The average molecular weight is 401 g/mol. The molecule has 4 atom stereocenters. The molecule has 1 aromatic rings. The van der Waals surface area contributed by atoms with Gasteiger partial charge in [-0.3, -0.25) is 4.79 Å². The zero-order valence-electron chi connectivity index (χ0n) is 16.5. The van der Waals surface area contributed by atoms with Gasteiger partial charge in [-0.1, -0.05) is 37.3 Å². The highest BCUT2D eigenvalue weighted by Gasteiger charge is 2.61. The first kappa shape index (κ1) is 19.3. The van der Waals surface area contributed by atoms with E-state index in [1.54, 1.807) is 19.9 Å². The summed E-state index contributed by atoms with van der Waals surface area (Å²) in [5.41, 5.74) is 1.66. The van der Waals surface area contributed by atoms with Gasteiger partial charge in [-0.25, -0.2) is 19.4 Å². The lowest BCUT2D eigenvalue weighted by Crippen LogP contribution is -2.71. The number of carbonyl (C=O) groups excluding carboxylic acids is 3. The molecule has 0 aromatic heterocycles. The first-order chi connectivity index (χ1) is 13.9. The number of fused-ring (bicyclic) bond motifs is 1. The Bertz CT molecular complexity index is 857. The number of amides is 3. The van der Waals surface area contributed by atoms with E-state index in [9.17, 15) is 14.4 Å². The van der Waals surface area contributed by atoms with Crippen LogP contribution < -0.4 is 0 Å². The third kappa shape index (κ3) is 3.11. The van der Waals surface area contributed by atoms with Gasteiger partial charge < -0.3 is 9.47 Å². The van der Waals surface area contributed by atoms with Gasteiger partial charge >= 0.3 is 12.2 Å². The van der Waals surface area contributed by atoms with E-state index in [1.165, 1.54) is 5.01 Å². The number of hydroxylamine groups is 2. The Hall–Kier alpha value is -3.07. The summed E-state index contributed by atoms with van der Waals surface area (Å²) in [6.07, 6.45) is -0.627. The summed E-state index contributed by atoms with van der Waals surface area (Å²) in [5.74, 6) is -0.602. The molecule has 2 saturated heterocycles. The molecule has 9 nitrogen and oxygen atoms in total. The Kier molecular flexibility index (Phi) is 4.91. The topological polar surface area (TPSA) is 88.6 Å². The summed E-state index contributed by atoms with van der Waals surface area (Å²) in [6.45, 7) is 5.54. The fourth-order valence-corrected chi connectivity index (χ4v) is 3.98. The highest BCUT2D eigenvalue weighted by atomic mass is 16.8. The lowest BCUT2D eigenvalue weighted by Gasteiger charge is -2.50. The van der Waals surface area contributed by atoms with E-state index in [2.05, 4.69) is 0 Å². The van der Waals surface area contributed by atoms with E-state index in [-0.39, 0.29) is 25.0 Å². The minimum atomic E-state index is -0.976. The summed E-state index contributed by atoms with van der Waals surface area (Å²) in [7, 11) is 0. The van der Waals surface area contributed by atoms with Crippen LogP contribution in [0.15, 0.2) is 42.0 Å². The predicted octanol–water partition coefficient (Wildman–Crippen LogP) is 2.45. The van der Waals surface area contributed by atoms with E-state index >= 15 is 0 Å². The second kappa shape index (κ2) is 7.40. The maximum absolute atomic E-state index is 12.8. The number of hydrazine groups is 1. The number of β-lactam (4-membered cyclic amide) rings is 1. The van der Waals surface area contributed by atoms with Crippen LogP contribution in [0.25, 0.3) is 0 Å². The standard InChI is InChI=1S/C20H23N3O6/c1-4-27-19(25)21-15-10-12(2)16(17-13(3)18(24)22(17)21)23(29-15)20(26)28-11-14-8-6-5-7-9-14/h5-10,13,15-17H,4,11H2,1-3H3/t13-,15-,16+,17-/m1/s1. The molecule has 2 fully saturated rings. The zero-order chi connectivity index (χ0) is 20.7. The number of benzene rings is 1. The molecule has 0 radical (unpaired) electrons. The van der Waals surface area contributed by atoms with Crippen molar-refractivity contribution >= 4 is 18.1 Å². The molecule has 29 heavy (non-hydrogen) atoms. The molecule has 4 heterocycles. The van der Waals surface area contributed by atoms with E-state index in [0.29, 0.717) is 0 Å². The highest BCUT2D eigenvalue weighted by molar-refractivity contribution is 5.89. The van der Waals surface area contributed by atoms with Crippen LogP contribution in [0.1, 0.15) is 26.3 Å². The van der Waals surface area contributed by atoms with Crippen molar-refractivity contribution in [2.45, 2.75) is 45.7 Å². The molecule has 4 aliphatic heterocycles. The Morgan fingerprint density at radius 2 is 1.86 bits per heavy atom. The molecular formula is C20H23N3O6. The van der Waals surface area contributed by atoms with Crippen molar-refractivity contribution < 1.29 is 28.7 Å². The first-order valence-corrected chi connectivity index (χ1v) is 9.58. The lowest BCUT2D eigenvalue weighted by molar-refractivity contribution is -0.219. The SMILES string of the molecule is CCOC(=O)N1[C@H]2C=C(C)[C@@H]([C@H]3[C@@H](C)C(=O)N31)N(C(=O)OCc1ccccc1)O2. The fraction of sp³-hybridized carbons (Fsp3) is 0.450. The van der Waals surface area contributed by atoms with Gasteiger partial charge in [0.25, 0.3) is 0 Å². The largest absolute Gasteiger partial charge is 0.448 e. The lowest BCUT2D eigenvalue weighted by atomic mass is 9.82.